The van der Waals surface area contributed by atoms with Gasteiger partial charge in [0, 0.05) is 10.0 Å². The fourth-order valence-electron chi connectivity index (χ4n) is 0.942. The van der Waals surface area contributed by atoms with Crippen LogP contribution in [0.5, 0.6) is 5.75 Å². The highest BCUT2D eigenvalue weighted by molar-refractivity contribution is 9.10. The summed E-state index contributed by atoms with van der Waals surface area (Å²) >= 11 is 9.01. The maximum absolute atomic E-state index is 11.8. The maximum Gasteiger partial charge on any atom is 0.123 e. The molecule has 0 radical (unpaired) electrons. The Balaban J connectivity index is 2.79. The molecule has 1 aromatic carbocycles. The Hall–Kier alpha value is -0.280. The molecule has 0 aliphatic heterocycles. The van der Waals surface area contributed by atoms with Gasteiger partial charge in [0.25, 0.3) is 0 Å². The molecule has 0 bridgehead atoms. The van der Waals surface area contributed by atoms with E-state index in [0.29, 0.717) is 11.6 Å². The summed E-state index contributed by atoms with van der Waals surface area (Å²) in [5.74, 6) is 1.01. The van der Waals surface area contributed by atoms with E-state index in [1.807, 2.05) is 12.1 Å². The molecule has 1 nitrogen and oxygen atoms in total. The Bertz CT molecular complexity index is 280. The molecule has 4 heteroatoms. The van der Waals surface area contributed by atoms with Crippen LogP contribution in [-0.2, 0) is 5.88 Å². The van der Waals surface area contributed by atoms with Gasteiger partial charge >= 0.3 is 0 Å². The van der Waals surface area contributed by atoms with Crippen molar-refractivity contribution in [3.8, 4) is 5.75 Å². The van der Waals surface area contributed by atoms with Gasteiger partial charge in [0.2, 0.25) is 0 Å². The molecular formula is C9H9BrClFO. The zero-order valence-electron chi connectivity index (χ0n) is 6.90. The average molecular weight is 268 g/mol. The minimum atomic E-state index is -0.488. The van der Waals surface area contributed by atoms with Crippen molar-refractivity contribution in [2.75, 3.05) is 13.3 Å². The molecule has 0 atom stereocenters. The van der Waals surface area contributed by atoms with Crippen molar-refractivity contribution in [2.24, 2.45) is 0 Å². The molecule has 0 heterocycles. The smallest absolute Gasteiger partial charge is 0.123 e. The minimum absolute atomic E-state index is 0.0749. The summed E-state index contributed by atoms with van der Waals surface area (Å²) in [5, 5.41) is 0. The van der Waals surface area contributed by atoms with Crippen LogP contribution in [0.2, 0.25) is 0 Å². The molecule has 1 aromatic rings. The van der Waals surface area contributed by atoms with Crippen LogP contribution in [0.1, 0.15) is 5.56 Å². The number of halogens is 3. The van der Waals surface area contributed by atoms with Gasteiger partial charge < -0.3 is 4.74 Å². The molecule has 0 saturated carbocycles. The third kappa shape index (κ3) is 3.16. The van der Waals surface area contributed by atoms with E-state index < -0.39 is 6.67 Å². The minimum Gasteiger partial charge on any atom is -0.491 e. The van der Waals surface area contributed by atoms with Gasteiger partial charge in [0.1, 0.15) is 19.0 Å². The molecule has 0 spiro atoms. The fraction of sp³-hybridized carbons (Fsp3) is 0.333. The van der Waals surface area contributed by atoms with Gasteiger partial charge in [-0.2, -0.15) is 0 Å². The van der Waals surface area contributed by atoms with Crippen LogP contribution in [-0.4, -0.2) is 13.3 Å². The second kappa shape index (κ2) is 5.45. The van der Waals surface area contributed by atoms with Crippen LogP contribution < -0.4 is 4.74 Å². The lowest BCUT2D eigenvalue weighted by Crippen LogP contribution is -2.00. The van der Waals surface area contributed by atoms with Gasteiger partial charge in [0.15, 0.2) is 0 Å². The van der Waals surface area contributed by atoms with Crippen molar-refractivity contribution in [3.05, 3.63) is 28.2 Å². The zero-order valence-corrected chi connectivity index (χ0v) is 9.24. The molecule has 0 unspecified atom stereocenters. The lowest BCUT2D eigenvalue weighted by atomic mass is 10.2. The summed E-state index contributed by atoms with van der Waals surface area (Å²) < 4.78 is 17.9. The van der Waals surface area contributed by atoms with Crippen molar-refractivity contribution in [1.29, 1.82) is 0 Å². The molecule has 0 N–H and O–H groups in total. The first-order valence-corrected chi connectivity index (χ1v) is 5.14. The third-order valence-corrected chi connectivity index (χ3v) is 2.28. The van der Waals surface area contributed by atoms with Gasteiger partial charge in [0.05, 0.1) is 5.88 Å². The van der Waals surface area contributed by atoms with Crippen LogP contribution in [0.3, 0.4) is 0 Å². The van der Waals surface area contributed by atoms with E-state index in [1.54, 1.807) is 6.07 Å². The third-order valence-electron chi connectivity index (χ3n) is 1.50. The SMILES string of the molecule is FCCOc1ccc(Br)cc1CCl. The van der Waals surface area contributed by atoms with Gasteiger partial charge in [-0.1, -0.05) is 15.9 Å². The molecule has 13 heavy (non-hydrogen) atoms. The second-order valence-electron chi connectivity index (χ2n) is 2.42. The first kappa shape index (κ1) is 10.8. The Labute approximate surface area is 90.0 Å². The van der Waals surface area contributed by atoms with E-state index >= 15 is 0 Å². The highest BCUT2D eigenvalue weighted by Crippen LogP contribution is 2.24. The predicted octanol–water partition coefficient (Wildman–Crippen LogP) is 3.54. The van der Waals surface area contributed by atoms with E-state index in [-0.39, 0.29) is 6.61 Å². The molecule has 1 rings (SSSR count). The van der Waals surface area contributed by atoms with Crippen LogP contribution >= 0.6 is 27.5 Å². The van der Waals surface area contributed by atoms with Gasteiger partial charge in [-0.15, -0.1) is 11.6 Å². The summed E-state index contributed by atoms with van der Waals surface area (Å²) in [6, 6.07) is 5.47. The van der Waals surface area contributed by atoms with Crippen molar-refractivity contribution in [3.63, 3.8) is 0 Å². The van der Waals surface area contributed by atoms with E-state index in [4.69, 9.17) is 16.3 Å². The second-order valence-corrected chi connectivity index (χ2v) is 3.61. The van der Waals surface area contributed by atoms with Gasteiger partial charge in [-0.3, -0.25) is 0 Å². The molecule has 0 saturated heterocycles. The number of hydrogen-bond acceptors (Lipinski definition) is 1. The normalized spacial score (nSPS) is 10.1. The van der Waals surface area contributed by atoms with Gasteiger partial charge in [-0.25, -0.2) is 4.39 Å². The molecule has 0 fully saturated rings. The average Bonchev–Trinajstić information content (AvgIpc) is 2.16. The Kier molecular flexibility index (Phi) is 4.53. The van der Waals surface area contributed by atoms with E-state index in [0.717, 1.165) is 10.0 Å². The Morgan fingerprint density at radius 2 is 2.23 bits per heavy atom. The van der Waals surface area contributed by atoms with Crippen LogP contribution in [0.4, 0.5) is 4.39 Å². The molecule has 72 valence electrons. The molecular weight excluding hydrogens is 258 g/mol. The van der Waals surface area contributed by atoms with Crippen molar-refractivity contribution in [2.45, 2.75) is 5.88 Å². The quantitative estimate of drug-likeness (QED) is 0.758. The predicted molar refractivity (Wildman–Crippen MR) is 55.2 cm³/mol. The lowest BCUT2D eigenvalue weighted by molar-refractivity contribution is 0.271. The molecule has 0 aliphatic rings. The van der Waals surface area contributed by atoms with E-state index in [1.165, 1.54) is 0 Å². The van der Waals surface area contributed by atoms with Crippen molar-refractivity contribution >= 4 is 27.5 Å². The highest BCUT2D eigenvalue weighted by Gasteiger charge is 2.02. The summed E-state index contributed by atoms with van der Waals surface area (Å²) in [5.41, 5.74) is 0.865. The summed E-state index contributed by atoms with van der Waals surface area (Å²) in [7, 11) is 0. The summed E-state index contributed by atoms with van der Waals surface area (Å²) in [6.07, 6.45) is 0. The Morgan fingerprint density at radius 3 is 2.85 bits per heavy atom. The number of alkyl halides is 2. The standard InChI is InChI=1S/C9H9BrClFO/c10-8-1-2-9(13-4-3-12)7(5-8)6-11/h1-2,5H,3-4,6H2. The topological polar surface area (TPSA) is 9.23 Å². The highest BCUT2D eigenvalue weighted by atomic mass is 79.9. The Morgan fingerprint density at radius 1 is 1.46 bits per heavy atom. The first-order valence-electron chi connectivity index (χ1n) is 3.81. The molecule has 0 aliphatic carbocycles. The van der Waals surface area contributed by atoms with Crippen LogP contribution in [0.25, 0.3) is 0 Å². The molecule has 0 aromatic heterocycles. The fourth-order valence-corrected chi connectivity index (χ4v) is 1.56. The summed E-state index contributed by atoms with van der Waals surface area (Å²) in [4.78, 5) is 0. The first-order chi connectivity index (χ1) is 6.27. The van der Waals surface area contributed by atoms with Crippen LogP contribution in [0.15, 0.2) is 22.7 Å². The number of hydrogen-bond donors (Lipinski definition) is 0. The lowest BCUT2D eigenvalue weighted by Gasteiger charge is -2.08. The van der Waals surface area contributed by atoms with Crippen molar-refractivity contribution in [1.82, 2.24) is 0 Å². The van der Waals surface area contributed by atoms with Gasteiger partial charge in [-0.05, 0) is 18.2 Å². The summed E-state index contributed by atoms with van der Waals surface area (Å²) in [6.45, 7) is -0.413. The maximum atomic E-state index is 11.8. The number of rotatable bonds is 4. The van der Waals surface area contributed by atoms with Crippen LogP contribution in [0, 0.1) is 0 Å². The number of benzene rings is 1. The number of ether oxygens (including phenoxy) is 1. The van der Waals surface area contributed by atoms with E-state index in [9.17, 15) is 4.39 Å². The van der Waals surface area contributed by atoms with E-state index in [2.05, 4.69) is 15.9 Å². The monoisotopic (exact) mass is 266 g/mol. The zero-order chi connectivity index (χ0) is 9.68. The largest absolute Gasteiger partial charge is 0.491 e. The molecule has 0 amide bonds. The van der Waals surface area contributed by atoms with Crippen molar-refractivity contribution < 1.29 is 9.13 Å².